The van der Waals surface area contributed by atoms with Crippen LogP contribution in [0.2, 0.25) is 5.15 Å². The number of nitrogens with zero attached hydrogens (tertiary/aromatic N) is 1. The number of nitrogens with one attached hydrogen (secondary N) is 1. The van der Waals surface area contributed by atoms with Crippen LogP contribution in [0.3, 0.4) is 0 Å². The summed E-state index contributed by atoms with van der Waals surface area (Å²) >= 11 is 5.55. The Morgan fingerprint density at radius 1 is 1.35 bits per heavy atom. The first-order valence-corrected chi connectivity index (χ1v) is 5.46. The van der Waals surface area contributed by atoms with Crippen LogP contribution in [0.25, 0.3) is 0 Å². The third kappa shape index (κ3) is 6.68. The highest BCUT2D eigenvalue weighted by atomic mass is 35.5. The van der Waals surface area contributed by atoms with Gasteiger partial charge in [0.15, 0.2) is 6.29 Å². The van der Waals surface area contributed by atoms with Gasteiger partial charge in [-0.25, -0.2) is 4.98 Å². The molecule has 1 N–H and O–H groups in total. The number of carbonyl (C=O) groups excluding carboxylic acids is 2. The number of aromatic nitrogens is 1. The number of hydrogen-bond donors (Lipinski definition) is 1. The molecule has 1 aromatic rings. The Bertz CT molecular complexity index is 387. The van der Waals surface area contributed by atoms with Crippen molar-refractivity contribution in [3.05, 3.63) is 23.0 Å². The SMILES string of the molecule is CC(C)(C)C=O.CNc1cnc(Cl)cc1C=O. The lowest BCUT2D eigenvalue weighted by molar-refractivity contribution is -0.113. The zero-order chi connectivity index (χ0) is 13.5. The van der Waals surface area contributed by atoms with Crippen LogP contribution >= 0.6 is 11.6 Å². The van der Waals surface area contributed by atoms with Gasteiger partial charge in [-0.3, -0.25) is 4.79 Å². The second kappa shape index (κ2) is 7.01. The molecule has 0 spiro atoms. The predicted molar refractivity (Wildman–Crippen MR) is 69.7 cm³/mol. The number of pyridine rings is 1. The average Bonchev–Trinajstić information content (AvgIpc) is 2.28. The largest absolute Gasteiger partial charge is 0.386 e. The molecule has 0 aliphatic carbocycles. The van der Waals surface area contributed by atoms with E-state index < -0.39 is 0 Å². The van der Waals surface area contributed by atoms with E-state index in [2.05, 4.69) is 10.3 Å². The zero-order valence-corrected chi connectivity index (χ0v) is 11.2. The van der Waals surface area contributed by atoms with E-state index in [4.69, 9.17) is 11.6 Å². The molecule has 0 radical (unpaired) electrons. The molecule has 0 aromatic carbocycles. The number of carbonyl (C=O) groups is 2. The Balaban J connectivity index is 0.000000366. The molecule has 0 unspecified atom stereocenters. The minimum absolute atomic E-state index is 0.139. The summed E-state index contributed by atoms with van der Waals surface area (Å²) in [6.45, 7) is 5.62. The van der Waals surface area contributed by atoms with Crippen molar-refractivity contribution in [1.82, 2.24) is 4.98 Å². The van der Waals surface area contributed by atoms with E-state index in [1.54, 1.807) is 7.05 Å². The molecule has 1 aromatic heterocycles. The molecule has 1 rings (SSSR count). The van der Waals surface area contributed by atoms with E-state index in [0.29, 0.717) is 16.4 Å². The highest BCUT2D eigenvalue weighted by Crippen LogP contribution is 2.14. The van der Waals surface area contributed by atoms with E-state index in [1.165, 1.54) is 12.3 Å². The van der Waals surface area contributed by atoms with Gasteiger partial charge in [0.25, 0.3) is 0 Å². The van der Waals surface area contributed by atoms with Gasteiger partial charge in [-0.2, -0.15) is 0 Å². The molecule has 94 valence electrons. The topological polar surface area (TPSA) is 59.1 Å². The Hall–Kier alpha value is -1.42. The monoisotopic (exact) mass is 256 g/mol. The normalized spacial score (nSPS) is 9.94. The summed E-state index contributed by atoms with van der Waals surface area (Å²) in [4.78, 5) is 24.0. The van der Waals surface area contributed by atoms with Crippen molar-refractivity contribution in [3.8, 4) is 0 Å². The van der Waals surface area contributed by atoms with Gasteiger partial charge in [0, 0.05) is 18.0 Å². The summed E-state index contributed by atoms with van der Waals surface area (Å²) in [5.41, 5.74) is 1.07. The summed E-state index contributed by atoms with van der Waals surface area (Å²) in [5, 5.41) is 3.15. The van der Waals surface area contributed by atoms with Gasteiger partial charge in [0.2, 0.25) is 0 Å². The Morgan fingerprint density at radius 2 is 1.88 bits per heavy atom. The summed E-state index contributed by atoms with van der Waals surface area (Å²) in [6, 6.07) is 1.51. The molecule has 0 amide bonds. The van der Waals surface area contributed by atoms with Gasteiger partial charge in [-0.15, -0.1) is 0 Å². The van der Waals surface area contributed by atoms with Crippen LogP contribution in [0.15, 0.2) is 12.3 Å². The van der Waals surface area contributed by atoms with Gasteiger partial charge < -0.3 is 10.1 Å². The van der Waals surface area contributed by atoms with Gasteiger partial charge in [0.05, 0.1) is 11.9 Å². The van der Waals surface area contributed by atoms with Crippen molar-refractivity contribution in [3.63, 3.8) is 0 Å². The number of halogens is 1. The van der Waals surface area contributed by atoms with Gasteiger partial charge in [-0.05, 0) is 6.07 Å². The van der Waals surface area contributed by atoms with Crippen LogP contribution in [0, 0.1) is 5.41 Å². The summed E-state index contributed by atoms with van der Waals surface area (Å²) in [7, 11) is 1.72. The van der Waals surface area contributed by atoms with Crippen molar-refractivity contribution >= 4 is 29.9 Å². The molecule has 0 fully saturated rings. The molecule has 0 aliphatic heterocycles. The molecule has 0 bridgehead atoms. The zero-order valence-electron chi connectivity index (χ0n) is 10.5. The molecule has 4 nitrogen and oxygen atoms in total. The van der Waals surface area contributed by atoms with Crippen LogP contribution in [0.4, 0.5) is 5.69 Å². The van der Waals surface area contributed by atoms with Crippen LogP contribution < -0.4 is 5.32 Å². The molecule has 0 aliphatic rings. The quantitative estimate of drug-likeness (QED) is 0.653. The van der Waals surface area contributed by atoms with Gasteiger partial charge >= 0.3 is 0 Å². The van der Waals surface area contributed by atoms with Crippen LogP contribution in [0.1, 0.15) is 31.1 Å². The number of rotatable bonds is 2. The highest BCUT2D eigenvalue weighted by molar-refractivity contribution is 6.29. The lowest BCUT2D eigenvalue weighted by Crippen LogP contribution is -2.04. The second-order valence-electron chi connectivity index (χ2n) is 4.45. The summed E-state index contributed by atoms with van der Waals surface area (Å²) in [5.74, 6) is 0. The third-order valence-corrected chi connectivity index (χ3v) is 1.86. The van der Waals surface area contributed by atoms with Crippen LogP contribution in [-0.2, 0) is 4.79 Å². The van der Waals surface area contributed by atoms with Crippen molar-refractivity contribution in [2.24, 2.45) is 5.41 Å². The smallest absolute Gasteiger partial charge is 0.152 e. The summed E-state index contributed by atoms with van der Waals surface area (Å²) in [6.07, 6.45) is 3.19. The molecular weight excluding hydrogens is 240 g/mol. The molecule has 0 saturated carbocycles. The third-order valence-electron chi connectivity index (χ3n) is 1.65. The molecule has 17 heavy (non-hydrogen) atoms. The first-order chi connectivity index (χ1) is 7.84. The molecule has 0 atom stereocenters. The van der Waals surface area contributed by atoms with Crippen molar-refractivity contribution in [2.75, 3.05) is 12.4 Å². The van der Waals surface area contributed by atoms with Crippen molar-refractivity contribution in [1.29, 1.82) is 0 Å². The minimum Gasteiger partial charge on any atom is -0.386 e. The lowest BCUT2D eigenvalue weighted by atomic mass is 10.0. The fourth-order valence-corrected chi connectivity index (χ4v) is 0.917. The average molecular weight is 257 g/mol. The van der Waals surface area contributed by atoms with E-state index >= 15 is 0 Å². The fourth-order valence-electron chi connectivity index (χ4n) is 0.750. The first-order valence-electron chi connectivity index (χ1n) is 5.09. The molecule has 1 heterocycles. The fraction of sp³-hybridized carbons (Fsp3) is 0.417. The van der Waals surface area contributed by atoms with Crippen LogP contribution in [-0.4, -0.2) is 24.6 Å². The second-order valence-corrected chi connectivity index (χ2v) is 4.83. The van der Waals surface area contributed by atoms with Gasteiger partial charge in [-0.1, -0.05) is 32.4 Å². The summed E-state index contributed by atoms with van der Waals surface area (Å²) < 4.78 is 0. The molecule has 5 heteroatoms. The Morgan fingerprint density at radius 3 is 2.24 bits per heavy atom. The van der Waals surface area contributed by atoms with Gasteiger partial charge in [0.1, 0.15) is 11.4 Å². The van der Waals surface area contributed by atoms with Crippen molar-refractivity contribution < 1.29 is 9.59 Å². The maximum absolute atomic E-state index is 10.4. The maximum Gasteiger partial charge on any atom is 0.152 e. The number of anilines is 1. The Kier molecular flexibility index (Phi) is 6.43. The Labute approximate surface area is 106 Å². The first kappa shape index (κ1) is 15.6. The molecular formula is C12H17ClN2O2. The van der Waals surface area contributed by atoms with Crippen molar-refractivity contribution in [2.45, 2.75) is 20.8 Å². The number of hydrogen-bond acceptors (Lipinski definition) is 4. The standard InChI is InChI=1S/C7H7ClN2O.C5H10O/c1-9-6-3-10-7(8)2-5(6)4-11;1-5(2,3)4-6/h2-4,9H,1H3;4H,1-3H3. The molecule has 0 saturated heterocycles. The highest BCUT2D eigenvalue weighted by Gasteiger charge is 2.04. The lowest BCUT2D eigenvalue weighted by Gasteiger charge is -2.03. The number of aldehydes is 2. The maximum atomic E-state index is 10.4. The van der Waals surface area contributed by atoms with Crippen LogP contribution in [0.5, 0.6) is 0 Å². The van der Waals surface area contributed by atoms with E-state index in [1.807, 2.05) is 20.8 Å². The minimum atomic E-state index is -0.139. The van der Waals surface area contributed by atoms with E-state index in [0.717, 1.165) is 12.6 Å². The van der Waals surface area contributed by atoms with E-state index in [-0.39, 0.29) is 5.41 Å². The predicted octanol–water partition coefficient (Wildman–Crippen LogP) is 2.82. The van der Waals surface area contributed by atoms with E-state index in [9.17, 15) is 9.59 Å².